The lowest BCUT2D eigenvalue weighted by atomic mass is 9.95. The average molecular weight is 255 g/mol. The maximum absolute atomic E-state index is 12.8. The van der Waals surface area contributed by atoms with Crippen LogP contribution in [0, 0.1) is 0 Å². The van der Waals surface area contributed by atoms with Crippen molar-refractivity contribution in [2.24, 2.45) is 0 Å². The van der Waals surface area contributed by atoms with Crippen molar-refractivity contribution in [3.63, 3.8) is 0 Å². The van der Waals surface area contributed by atoms with Gasteiger partial charge in [0.15, 0.2) is 0 Å². The third-order valence-corrected chi connectivity index (χ3v) is 4.21. The third-order valence-electron chi connectivity index (χ3n) is 4.21. The number of likely N-dealkylation sites (N-methyl/N-ethyl adjacent to an activating group) is 2. The SMILES string of the molecule is CCC(C)N1C(=O)C(CNC)N(C)CCC1(C)C. The molecule has 18 heavy (non-hydrogen) atoms. The van der Waals surface area contributed by atoms with Gasteiger partial charge in [0, 0.05) is 24.7 Å². The summed E-state index contributed by atoms with van der Waals surface area (Å²) >= 11 is 0. The van der Waals surface area contributed by atoms with Crippen LogP contribution in [0.1, 0.15) is 40.5 Å². The maximum atomic E-state index is 12.8. The van der Waals surface area contributed by atoms with Gasteiger partial charge in [-0.1, -0.05) is 6.92 Å². The van der Waals surface area contributed by atoms with Crippen LogP contribution in [0.4, 0.5) is 0 Å². The minimum Gasteiger partial charge on any atom is -0.333 e. The third kappa shape index (κ3) is 3.04. The molecular formula is C14H29N3O. The van der Waals surface area contributed by atoms with Crippen LogP contribution in [0.15, 0.2) is 0 Å². The number of rotatable bonds is 4. The van der Waals surface area contributed by atoms with E-state index >= 15 is 0 Å². The van der Waals surface area contributed by atoms with Gasteiger partial charge in [-0.05, 0) is 47.7 Å². The van der Waals surface area contributed by atoms with Crippen LogP contribution in [0.5, 0.6) is 0 Å². The topological polar surface area (TPSA) is 35.6 Å². The Morgan fingerprint density at radius 2 is 2.11 bits per heavy atom. The highest BCUT2D eigenvalue weighted by molar-refractivity contribution is 5.83. The molecule has 0 aliphatic carbocycles. The van der Waals surface area contributed by atoms with Gasteiger partial charge in [0.1, 0.15) is 6.04 Å². The predicted molar refractivity (Wildman–Crippen MR) is 75.6 cm³/mol. The van der Waals surface area contributed by atoms with E-state index in [1.165, 1.54) is 0 Å². The summed E-state index contributed by atoms with van der Waals surface area (Å²) in [5, 5.41) is 3.14. The molecule has 1 amide bonds. The Kier molecular flexibility index (Phi) is 5.17. The minimum absolute atomic E-state index is 0.0363. The zero-order chi connectivity index (χ0) is 13.9. The van der Waals surface area contributed by atoms with Crippen molar-refractivity contribution in [2.45, 2.75) is 58.2 Å². The molecule has 0 aromatic carbocycles. The van der Waals surface area contributed by atoms with E-state index in [-0.39, 0.29) is 17.5 Å². The molecule has 106 valence electrons. The molecule has 1 fully saturated rings. The van der Waals surface area contributed by atoms with Crippen molar-refractivity contribution in [1.29, 1.82) is 0 Å². The van der Waals surface area contributed by atoms with E-state index in [0.717, 1.165) is 25.9 Å². The fraction of sp³-hybridized carbons (Fsp3) is 0.929. The molecular weight excluding hydrogens is 226 g/mol. The number of hydrogen-bond acceptors (Lipinski definition) is 3. The molecule has 0 bridgehead atoms. The normalized spacial score (nSPS) is 27.1. The smallest absolute Gasteiger partial charge is 0.241 e. The lowest BCUT2D eigenvalue weighted by Gasteiger charge is -2.42. The quantitative estimate of drug-likeness (QED) is 0.823. The number of nitrogens with one attached hydrogen (secondary N) is 1. The zero-order valence-electron chi connectivity index (χ0n) is 12.8. The molecule has 0 spiro atoms. The van der Waals surface area contributed by atoms with E-state index < -0.39 is 0 Å². The van der Waals surface area contributed by atoms with Gasteiger partial charge in [-0.3, -0.25) is 9.69 Å². The van der Waals surface area contributed by atoms with E-state index in [2.05, 4.69) is 49.9 Å². The summed E-state index contributed by atoms with van der Waals surface area (Å²) in [7, 11) is 3.96. The molecule has 1 aliphatic rings. The van der Waals surface area contributed by atoms with Gasteiger partial charge >= 0.3 is 0 Å². The van der Waals surface area contributed by atoms with Crippen molar-refractivity contribution in [3.05, 3.63) is 0 Å². The van der Waals surface area contributed by atoms with Crippen LogP contribution in [-0.4, -0.2) is 60.5 Å². The lowest BCUT2D eigenvalue weighted by molar-refractivity contribution is -0.142. The van der Waals surface area contributed by atoms with Crippen molar-refractivity contribution >= 4 is 5.91 Å². The molecule has 1 heterocycles. The first-order valence-corrected chi connectivity index (χ1v) is 7.03. The summed E-state index contributed by atoms with van der Waals surface area (Å²) in [4.78, 5) is 17.1. The second kappa shape index (κ2) is 6.02. The summed E-state index contributed by atoms with van der Waals surface area (Å²) in [5.41, 5.74) is -0.0523. The highest BCUT2D eigenvalue weighted by Crippen LogP contribution is 2.28. The monoisotopic (exact) mass is 255 g/mol. The second-order valence-corrected chi connectivity index (χ2v) is 6.08. The molecule has 1 saturated heterocycles. The molecule has 2 unspecified atom stereocenters. The highest BCUT2D eigenvalue weighted by atomic mass is 16.2. The van der Waals surface area contributed by atoms with Crippen LogP contribution < -0.4 is 5.32 Å². The Labute approximate surface area is 112 Å². The average Bonchev–Trinajstić information content (AvgIpc) is 2.39. The Morgan fingerprint density at radius 1 is 1.50 bits per heavy atom. The highest BCUT2D eigenvalue weighted by Gasteiger charge is 2.41. The molecule has 2 atom stereocenters. The first kappa shape index (κ1) is 15.4. The summed E-state index contributed by atoms with van der Waals surface area (Å²) in [6.07, 6.45) is 2.03. The molecule has 4 heteroatoms. The minimum atomic E-state index is -0.0523. The lowest BCUT2D eigenvalue weighted by Crippen LogP contribution is -2.56. The van der Waals surface area contributed by atoms with Gasteiger partial charge in [0.05, 0.1) is 0 Å². The first-order valence-electron chi connectivity index (χ1n) is 7.03. The summed E-state index contributed by atoms with van der Waals surface area (Å²) in [6, 6.07) is 0.268. The number of carbonyl (C=O) groups excluding carboxylic acids is 1. The van der Waals surface area contributed by atoms with Gasteiger partial charge < -0.3 is 10.2 Å². The number of amides is 1. The van der Waals surface area contributed by atoms with Gasteiger partial charge in [-0.25, -0.2) is 0 Å². The molecule has 0 aromatic heterocycles. The Hall–Kier alpha value is -0.610. The van der Waals surface area contributed by atoms with Gasteiger partial charge in [0.25, 0.3) is 0 Å². The standard InChI is InChI=1S/C14H29N3O/c1-7-11(2)17-13(18)12(10-15-5)16(6)9-8-14(17,3)4/h11-12,15H,7-10H2,1-6H3. The Morgan fingerprint density at radius 3 is 2.61 bits per heavy atom. The molecule has 0 radical (unpaired) electrons. The maximum Gasteiger partial charge on any atom is 0.241 e. The van der Waals surface area contributed by atoms with Crippen LogP contribution in [0.3, 0.4) is 0 Å². The molecule has 1 aliphatic heterocycles. The Balaban J connectivity index is 3.04. The largest absolute Gasteiger partial charge is 0.333 e. The molecule has 1 N–H and O–H groups in total. The zero-order valence-corrected chi connectivity index (χ0v) is 12.8. The van der Waals surface area contributed by atoms with Crippen LogP contribution in [0.25, 0.3) is 0 Å². The molecule has 1 rings (SSSR count). The van der Waals surface area contributed by atoms with Crippen molar-refractivity contribution < 1.29 is 4.79 Å². The molecule has 4 nitrogen and oxygen atoms in total. The summed E-state index contributed by atoms with van der Waals surface area (Å²) in [5.74, 6) is 0.267. The summed E-state index contributed by atoms with van der Waals surface area (Å²) in [6.45, 7) is 10.4. The number of carbonyl (C=O) groups is 1. The van der Waals surface area contributed by atoms with Gasteiger partial charge in [-0.15, -0.1) is 0 Å². The van der Waals surface area contributed by atoms with Crippen molar-refractivity contribution in [1.82, 2.24) is 15.1 Å². The first-order chi connectivity index (χ1) is 8.35. The van der Waals surface area contributed by atoms with Crippen LogP contribution >= 0.6 is 0 Å². The van der Waals surface area contributed by atoms with Gasteiger partial charge in [0.2, 0.25) is 5.91 Å². The fourth-order valence-electron chi connectivity index (χ4n) is 2.81. The van der Waals surface area contributed by atoms with E-state index in [4.69, 9.17) is 0 Å². The van der Waals surface area contributed by atoms with Crippen molar-refractivity contribution in [2.75, 3.05) is 27.2 Å². The molecule has 0 aromatic rings. The predicted octanol–water partition coefficient (Wildman–Crippen LogP) is 1.32. The number of nitrogens with zero attached hydrogens (tertiary/aromatic N) is 2. The van der Waals surface area contributed by atoms with Crippen LogP contribution in [-0.2, 0) is 4.79 Å². The fourth-order valence-corrected chi connectivity index (χ4v) is 2.81. The second-order valence-electron chi connectivity index (χ2n) is 6.08. The van der Waals surface area contributed by atoms with E-state index in [9.17, 15) is 4.79 Å². The van der Waals surface area contributed by atoms with Crippen molar-refractivity contribution in [3.8, 4) is 0 Å². The van der Waals surface area contributed by atoms with E-state index in [1.54, 1.807) is 0 Å². The van der Waals surface area contributed by atoms with Gasteiger partial charge in [-0.2, -0.15) is 0 Å². The van der Waals surface area contributed by atoms with E-state index in [1.807, 2.05) is 7.05 Å². The number of hydrogen-bond donors (Lipinski definition) is 1. The summed E-state index contributed by atoms with van der Waals surface area (Å²) < 4.78 is 0. The Bertz CT molecular complexity index is 291. The van der Waals surface area contributed by atoms with Crippen LogP contribution in [0.2, 0.25) is 0 Å². The molecule has 0 saturated carbocycles. The van der Waals surface area contributed by atoms with E-state index in [0.29, 0.717) is 6.04 Å².